The molecule has 7 nitrogen and oxygen atoms in total. The summed E-state index contributed by atoms with van der Waals surface area (Å²) in [6.07, 6.45) is 5.51. The van der Waals surface area contributed by atoms with E-state index in [2.05, 4.69) is 36.1 Å². The van der Waals surface area contributed by atoms with Crippen molar-refractivity contribution in [3.8, 4) is 0 Å². The number of nitrogens with zero attached hydrogens (tertiary/aromatic N) is 1. The molecule has 2 aromatic rings. The predicted molar refractivity (Wildman–Crippen MR) is 150 cm³/mol. The summed E-state index contributed by atoms with van der Waals surface area (Å²) in [5.74, 6) is -0.716. The van der Waals surface area contributed by atoms with Crippen molar-refractivity contribution >= 4 is 23.9 Å². The number of quaternary nitrogens is 1. The molecule has 39 heavy (non-hydrogen) atoms. The second-order valence-electron chi connectivity index (χ2n) is 12.2. The Labute approximate surface area is 230 Å². The van der Waals surface area contributed by atoms with Gasteiger partial charge in [-0.3, -0.25) is 14.4 Å². The molecule has 0 saturated heterocycles. The van der Waals surface area contributed by atoms with Crippen molar-refractivity contribution in [2.24, 2.45) is 5.92 Å². The lowest BCUT2D eigenvalue weighted by Gasteiger charge is -2.35. The molecule has 1 aliphatic heterocycles. The van der Waals surface area contributed by atoms with E-state index in [0.717, 1.165) is 41.5 Å². The van der Waals surface area contributed by atoms with Crippen LogP contribution in [0.25, 0.3) is 0 Å². The van der Waals surface area contributed by atoms with Crippen LogP contribution < -0.4 is 16.0 Å². The topological polar surface area (TPSA) is 87.3 Å². The van der Waals surface area contributed by atoms with Crippen LogP contribution in [0.4, 0.5) is 10.1 Å². The molecule has 1 saturated carbocycles. The summed E-state index contributed by atoms with van der Waals surface area (Å²) in [4.78, 5) is 37.6. The van der Waals surface area contributed by atoms with E-state index in [0.29, 0.717) is 24.9 Å². The Morgan fingerprint density at radius 2 is 1.79 bits per heavy atom. The summed E-state index contributed by atoms with van der Waals surface area (Å²) < 4.78 is 14.2. The molecule has 3 amide bonds. The van der Waals surface area contributed by atoms with Crippen LogP contribution >= 0.6 is 0 Å². The van der Waals surface area contributed by atoms with E-state index in [4.69, 9.17) is 0 Å². The van der Waals surface area contributed by atoms with Gasteiger partial charge in [-0.2, -0.15) is 0 Å². The number of anilines is 1. The predicted octanol–water partition coefficient (Wildman–Crippen LogP) is 3.92. The van der Waals surface area contributed by atoms with Gasteiger partial charge in [0.25, 0.3) is 0 Å². The first-order valence-corrected chi connectivity index (χ1v) is 13.6. The first-order chi connectivity index (χ1) is 18.4. The van der Waals surface area contributed by atoms with Gasteiger partial charge in [-0.25, -0.2) is 4.39 Å². The Hall–Kier alpha value is -3.52. The van der Waals surface area contributed by atoms with Crippen LogP contribution in [0.1, 0.15) is 50.2 Å². The van der Waals surface area contributed by atoms with Crippen LogP contribution in [-0.4, -0.2) is 61.5 Å². The summed E-state index contributed by atoms with van der Waals surface area (Å²) in [6.45, 7) is 5.76. The standard InChI is InChI=1S/C31H39FN4O3/c1-31(2,18-21-7-11-24(32)12-8-21)35-30(39)28(16-22-6-5-15-36(3,4)19-22)34-29(38)27-17-26(27)23-9-13-25(14-10-23)33-20-37/h6-14,20,26-28H,5,15-19H2,1-4H3,(H2-,33,34,35,37,38,39)/p+1. The normalized spacial score (nSPS) is 20.8. The lowest BCUT2D eigenvalue weighted by atomic mass is 9.93. The van der Waals surface area contributed by atoms with Crippen LogP contribution in [0.15, 0.2) is 60.2 Å². The largest absolute Gasteiger partial charge is 0.349 e. The van der Waals surface area contributed by atoms with Crippen molar-refractivity contribution < 1.29 is 23.3 Å². The molecule has 8 heteroatoms. The molecular weight excluding hydrogens is 495 g/mol. The molecule has 3 N–H and O–H groups in total. The number of rotatable bonds is 11. The van der Waals surface area contributed by atoms with E-state index >= 15 is 0 Å². The minimum atomic E-state index is -0.685. The van der Waals surface area contributed by atoms with Crippen molar-refractivity contribution in [1.82, 2.24) is 10.6 Å². The summed E-state index contributed by atoms with van der Waals surface area (Å²) in [5, 5.41) is 8.83. The Bertz CT molecular complexity index is 1220. The van der Waals surface area contributed by atoms with Crippen LogP contribution in [0.3, 0.4) is 0 Å². The third-order valence-electron chi connectivity index (χ3n) is 7.61. The van der Waals surface area contributed by atoms with E-state index in [1.54, 1.807) is 12.1 Å². The first-order valence-electron chi connectivity index (χ1n) is 13.6. The third kappa shape index (κ3) is 7.99. The second-order valence-corrected chi connectivity index (χ2v) is 12.2. The van der Waals surface area contributed by atoms with Crippen molar-refractivity contribution in [2.45, 2.75) is 57.0 Å². The van der Waals surface area contributed by atoms with Gasteiger partial charge >= 0.3 is 0 Å². The number of hydrogen-bond donors (Lipinski definition) is 3. The van der Waals surface area contributed by atoms with E-state index in [1.165, 1.54) is 17.7 Å². The molecule has 3 unspecified atom stereocenters. The number of carbonyl (C=O) groups is 3. The van der Waals surface area contributed by atoms with Crippen LogP contribution in [0.5, 0.6) is 0 Å². The van der Waals surface area contributed by atoms with Crippen molar-refractivity contribution in [1.29, 1.82) is 0 Å². The van der Waals surface area contributed by atoms with Gasteiger partial charge in [0.2, 0.25) is 18.2 Å². The molecule has 1 aliphatic carbocycles. The number of likely N-dealkylation sites (N-methyl/N-ethyl adjacent to an activating group) is 1. The van der Waals surface area contributed by atoms with Gasteiger partial charge in [-0.05, 0) is 73.6 Å². The van der Waals surface area contributed by atoms with Gasteiger partial charge in [-0.1, -0.05) is 30.3 Å². The zero-order chi connectivity index (χ0) is 28.2. The summed E-state index contributed by atoms with van der Waals surface area (Å²) >= 11 is 0. The van der Waals surface area contributed by atoms with E-state index < -0.39 is 11.6 Å². The molecule has 0 aromatic heterocycles. The highest BCUT2D eigenvalue weighted by Crippen LogP contribution is 2.47. The average molecular weight is 536 g/mol. The van der Waals surface area contributed by atoms with Crippen LogP contribution in [0.2, 0.25) is 0 Å². The Kier molecular flexibility index (Phi) is 8.54. The molecule has 1 fully saturated rings. The molecule has 2 aromatic carbocycles. The molecule has 0 bridgehead atoms. The number of benzene rings is 2. The Balaban J connectivity index is 1.44. The second kappa shape index (κ2) is 11.7. The van der Waals surface area contributed by atoms with E-state index in [9.17, 15) is 18.8 Å². The fourth-order valence-corrected chi connectivity index (χ4v) is 5.53. The highest BCUT2D eigenvalue weighted by molar-refractivity contribution is 5.90. The van der Waals surface area contributed by atoms with Crippen molar-refractivity contribution in [3.05, 3.63) is 77.1 Å². The summed E-state index contributed by atoms with van der Waals surface area (Å²) in [6, 6.07) is 13.1. The number of amides is 3. The zero-order valence-corrected chi connectivity index (χ0v) is 23.3. The third-order valence-corrected chi connectivity index (χ3v) is 7.61. The van der Waals surface area contributed by atoms with Gasteiger partial charge in [0.1, 0.15) is 11.9 Å². The average Bonchev–Trinajstić information content (AvgIpc) is 3.66. The minimum Gasteiger partial charge on any atom is -0.349 e. The molecule has 2 aliphatic rings. The Morgan fingerprint density at radius 1 is 1.10 bits per heavy atom. The smallest absolute Gasteiger partial charge is 0.243 e. The van der Waals surface area contributed by atoms with E-state index in [-0.39, 0.29) is 29.5 Å². The van der Waals surface area contributed by atoms with Crippen LogP contribution in [0, 0.1) is 11.7 Å². The maximum atomic E-state index is 13.6. The summed E-state index contributed by atoms with van der Waals surface area (Å²) in [5.41, 5.74) is 3.26. The van der Waals surface area contributed by atoms with Gasteiger partial charge in [0, 0.05) is 30.0 Å². The number of hydrogen-bond acceptors (Lipinski definition) is 3. The molecule has 4 rings (SSSR count). The SMILES string of the molecule is CC(C)(Cc1ccc(F)cc1)NC(=O)C(CC1=CCC[N+](C)(C)C1)NC(=O)C1CC1c1ccc(NC=O)cc1. The molecule has 0 spiro atoms. The highest BCUT2D eigenvalue weighted by Gasteiger charge is 2.45. The molecule has 0 radical (unpaired) electrons. The van der Waals surface area contributed by atoms with Gasteiger partial charge in [-0.15, -0.1) is 0 Å². The Morgan fingerprint density at radius 3 is 2.44 bits per heavy atom. The van der Waals surface area contributed by atoms with Crippen LogP contribution in [-0.2, 0) is 20.8 Å². The van der Waals surface area contributed by atoms with Crippen molar-refractivity contribution in [2.75, 3.05) is 32.5 Å². The number of carbonyl (C=O) groups excluding carboxylic acids is 3. The first kappa shape index (κ1) is 28.5. The maximum Gasteiger partial charge on any atom is 0.243 e. The number of halogens is 1. The highest BCUT2D eigenvalue weighted by atomic mass is 19.1. The fourth-order valence-electron chi connectivity index (χ4n) is 5.53. The lowest BCUT2D eigenvalue weighted by Crippen LogP contribution is -2.55. The minimum absolute atomic E-state index is 0.0957. The molecule has 1 heterocycles. The van der Waals surface area contributed by atoms with Gasteiger partial charge < -0.3 is 20.4 Å². The fraction of sp³-hybridized carbons (Fsp3) is 0.452. The van der Waals surface area contributed by atoms with Gasteiger partial charge in [0.15, 0.2) is 0 Å². The van der Waals surface area contributed by atoms with Crippen molar-refractivity contribution in [3.63, 3.8) is 0 Å². The zero-order valence-electron chi connectivity index (χ0n) is 23.3. The summed E-state index contributed by atoms with van der Waals surface area (Å²) in [7, 11) is 4.36. The lowest BCUT2D eigenvalue weighted by molar-refractivity contribution is -0.887. The monoisotopic (exact) mass is 535 g/mol. The number of nitrogens with one attached hydrogen (secondary N) is 3. The maximum absolute atomic E-state index is 13.6. The van der Waals surface area contributed by atoms with E-state index in [1.807, 2.05) is 38.1 Å². The molecule has 208 valence electrons. The van der Waals surface area contributed by atoms with Gasteiger partial charge in [0.05, 0.1) is 27.2 Å². The quantitative estimate of drug-likeness (QED) is 0.232. The molecular formula is C31H40FN4O3+. The molecule has 3 atom stereocenters.